The maximum absolute atomic E-state index is 13.4. The molecule has 3 aromatic rings. The summed E-state index contributed by atoms with van der Waals surface area (Å²) in [5.74, 6) is 0.954. The molecule has 7 heteroatoms. The average molecular weight is 485 g/mol. The van der Waals surface area contributed by atoms with E-state index in [0.717, 1.165) is 41.8 Å². The largest absolute Gasteiger partial charge is 0.346 e. The van der Waals surface area contributed by atoms with E-state index in [4.69, 9.17) is 23.2 Å². The molecule has 174 valence electrons. The Morgan fingerprint density at radius 3 is 2.73 bits per heavy atom. The number of aromatic nitrogens is 3. The topological polar surface area (TPSA) is 59.3 Å². The third-order valence-corrected chi connectivity index (χ3v) is 7.86. The van der Waals surface area contributed by atoms with Gasteiger partial charge in [0.15, 0.2) is 5.65 Å². The number of halogens is 2. The lowest BCUT2D eigenvalue weighted by atomic mass is 9.57. The highest BCUT2D eigenvalue weighted by molar-refractivity contribution is 6.36. The lowest BCUT2D eigenvalue weighted by Gasteiger charge is -2.54. The van der Waals surface area contributed by atoms with Crippen molar-refractivity contribution >= 4 is 34.8 Å². The van der Waals surface area contributed by atoms with E-state index in [-0.39, 0.29) is 11.4 Å². The van der Waals surface area contributed by atoms with E-state index in [0.29, 0.717) is 33.1 Å². The van der Waals surface area contributed by atoms with E-state index in [1.54, 1.807) is 22.8 Å². The molecule has 33 heavy (non-hydrogen) atoms. The fraction of sp³-hybridized carbons (Fsp3) is 0.423. The Morgan fingerprint density at radius 1 is 1.33 bits per heavy atom. The number of rotatable bonds is 6. The van der Waals surface area contributed by atoms with Crippen LogP contribution in [0.25, 0.3) is 16.8 Å². The summed E-state index contributed by atoms with van der Waals surface area (Å²) in [6.45, 7) is 10.3. The lowest BCUT2D eigenvalue weighted by molar-refractivity contribution is 0.0169. The molecule has 5 nitrogen and oxygen atoms in total. The average Bonchev–Trinajstić information content (AvgIpc) is 3.12. The number of hydrogen-bond acceptors (Lipinski definition) is 3. The van der Waals surface area contributed by atoms with Gasteiger partial charge in [0, 0.05) is 22.3 Å². The molecule has 1 aliphatic rings. The fourth-order valence-corrected chi connectivity index (χ4v) is 5.66. The van der Waals surface area contributed by atoms with Crippen LogP contribution >= 0.6 is 23.2 Å². The van der Waals surface area contributed by atoms with Gasteiger partial charge in [0.1, 0.15) is 0 Å². The second-order valence-electron chi connectivity index (χ2n) is 9.12. The number of hydrogen-bond donors (Lipinski definition) is 1. The summed E-state index contributed by atoms with van der Waals surface area (Å²) in [6, 6.07) is 5.39. The van der Waals surface area contributed by atoms with Crippen molar-refractivity contribution in [1.29, 1.82) is 0 Å². The molecule has 2 heterocycles. The van der Waals surface area contributed by atoms with Crippen molar-refractivity contribution in [1.82, 2.24) is 19.9 Å². The smallest absolute Gasteiger partial charge is 0.255 e. The normalized spacial score (nSPS) is 22.6. The Bertz CT molecular complexity index is 1250. The monoisotopic (exact) mass is 484 g/mol. The van der Waals surface area contributed by atoms with Crippen molar-refractivity contribution in [2.75, 3.05) is 0 Å². The van der Waals surface area contributed by atoms with Gasteiger partial charge in [-0.1, -0.05) is 61.7 Å². The summed E-state index contributed by atoms with van der Waals surface area (Å²) in [5.41, 5.74) is 4.18. The van der Waals surface area contributed by atoms with E-state index < -0.39 is 0 Å². The number of nitrogens with one attached hydrogen (secondary N) is 1. The molecular weight excluding hydrogens is 455 g/mol. The molecule has 1 fully saturated rings. The van der Waals surface area contributed by atoms with Crippen molar-refractivity contribution in [3.63, 3.8) is 0 Å². The molecule has 0 saturated heterocycles. The Hall–Kier alpha value is -2.37. The molecule has 0 bridgehead atoms. The quantitative estimate of drug-likeness (QED) is 0.390. The van der Waals surface area contributed by atoms with Crippen molar-refractivity contribution in [3.8, 4) is 11.1 Å². The molecular formula is C26H30Cl2N4O. The first-order valence-electron chi connectivity index (χ1n) is 11.5. The maximum atomic E-state index is 13.4. The molecule has 1 amide bonds. The summed E-state index contributed by atoms with van der Waals surface area (Å²) >= 11 is 12.5. The zero-order valence-electron chi connectivity index (χ0n) is 19.7. The van der Waals surface area contributed by atoms with Gasteiger partial charge in [-0.05, 0) is 57.6 Å². The predicted molar refractivity (Wildman–Crippen MR) is 135 cm³/mol. The van der Waals surface area contributed by atoms with Gasteiger partial charge >= 0.3 is 0 Å². The second kappa shape index (κ2) is 9.11. The van der Waals surface area contributed by atoms with Crippen LogP contribution in [0.3, 0.4) is 0 Å². The summed E-state index contributed by atoms with van der Waals surface area (Å²) in [6.07, 6.45) is 8.81. The van der Waals surface area contributed by atoms with E-state index in [1.165, 1.54) is 0 Å². The first-order chi connectivity index (χ1) is 15.7. The van der Waals surface area contributed by atoms with Gasteiger partial charge in [-0.3, -0.25) is 4.79 Å². The van der Waals surface area contributed by atoms with Crippen LogP contribution in [0, 0.1) is 25.7 Å². The Labute approximate surface area is 205 Å². The van der Waals surface area contributed by atoms with Gasteiger partial charge in [-0.15, -0.1) is 0 Å². The van der Waals surface area contributed by atoms with E-state index in [9.17, 15) is 4.79 Å². The Morgan fingerprint density at radius 2 is 2.09 bits per heavy atom. The fourth-order valence-electron chi connectivity index (χ4n) is 5.16. The van der Waals surface area contributed by atoms with Crippen molar-refractivity contribution < 1.29 is 4.79 Å². The van der Waals surface area contributed by atoms with E-state index in [2.05, 4.69) is 41.4 Å². The molecule has 1 aromatic carbocycles. The third-order valence-electron chi connectivity index (χ3n) is 7.31. The number of fused-ring (bicyclic) bond motifs is 1. The van der Waals surface area contributed by atoms with Crippen LogP contribution in [0.4, 0.5) is 0 Å². The van der Waals surface area contributed by atoms with Crippen LogP contribution in [-0.2, 0) is 0 Å². The lowest BCUT2D eigenvalue weighted by Crippen LogP contribution is -2.63. The highest BCUT2D eigenvalue weighted by Crippen LogP contribution is 2.48. The number of amides is 1. The number of carbonyl (C=O) groups is 1. The number of nitrogens with zero attached hydrogens (tertiary/aromatic N) is 3. The minimum atomic E-state index is -0.215. The zero-order valence-corrected chi connectivity index (χ0v) is 21.3. The maximum Gasteiger partial charge on any atom is 0.255 e. The molecule has 1 aliphatic carbocycles. The van der Waals surface area contributed by atoms with Crippen LogP contribution in [0.15, 0.2) is 36.5 Å². The zero-order chi connectivity index (χ0) is 23.9. The molecule has 4 rings (SSSR count). The highest BCUT2D eigenvalue weighted by atomic mass is 35.5. The van der Waals surface area contributed by atoms with Crippen molar-refractivity contribution in [2.24, 2.45) is 11.8 Å². The molecule has 1 saturated carbocycles. The van der Waals surface area contributed by atoms with Crippen molar-refractivity contribution in [3.05, 3.63) is 63.5 Å². The van der Waals surface area contributed by atoms with Crippen LogP contribution in [0.2, 0.25) is 10.0 Å². The third kappa shape index (κ3) is 4.06. The van der Waals surface area contributed by atoms with Crippen LogP contribution in [0.1, 0.15) is 61.8 Å². The Balaban J connectivity index is 1.71. The summed E-state index contributed by atoms with van der Waals surface area (Å²) in [7, 11) is 0. The second-order valence-corrected chi connectivity index (χ2v) is 9.97. The molecule has 1 N–H and O–H groups in total. The van der Waals surface area contributed by atoms with Gasteiger partial charge in [0.2, 0.25) is 0 Å². The summed E-state index contributed by atoms with van der Waals surface area (Å²) in [5, 5.41) is 9.16. The minimum Gasteiger partial charge on any atom is -0.346 e. The van der Waals surface area contributed by atoms with Gasteiger partial charge in [0.25, 0.3) is 5.91 Å². The van der Waals surface area contributed by atoms with Gasteiger partial charge in [-0.25, -0.2) is 9.50 Å². The first-order valence-corrected chi connectivity index (χ1v) is 12.2. The van der Waals surface area contributed by atoms with E-state index >= 15 is 0 Å². The van der Waals surface area contributed by atoms with Gasteiger partial charge < -0.3 is 5.32 Å². The molecule has 0 spiro atoms. The van der Waals surface area contributed by atoms with Crippen LogP contribution in [-0.4, -0.2) is 26.0 Å². The van der Waals surface area contributed by atoms with E-state index in [1.807, 2.05) is 26.8 Å². The number of aryl methyl sites for hydroxylation is 2. The molecule has 3 unspecified atom stereocenters. The van der Waals surface area contributed by atoms with Gasteiger partial charge in [-0.2, -0.15) is 5.10 Å². The number of benzene rings is 1. The summed E-state index contributed by atoms with van der Waals surface area (Å²) < 4.78 is 1.74. The highest BCUT2D eigenvalue weighted by Gasteiger charge is 2.50. The minimum absolute atomic E-state index is 0.105. The molecule has 0 aliphatic heterocycles. The SMILES string of the molecule is CC=CCC1(NC(=O)c2cnc3c(-c4ccc(Cl)cc4Cl)c(C)nn3c2C)CC(CC)C1C. The Kier molecular flexibility index (Phi) is 6.56. The standard InChI is InChI=1S/C26H30Cl2N4O/c1-6-8-11-26(13-18(7-2)15(26)3)30-25(33)21-14-29-24-23(16(4)31-32(24)17(21)5)20-10-9-19(27)12-22(20)28/h6,8-10,12,14-15,18H,7,11,13H2,1-5H3,(H,30,33). The van der Waals surface area contributed by atoms with Gasteiger partial charge in [0.05, 0.1) is 27.5 Å². The number of allylic oxidation sites excluding steroid dienone is 1. The van der Waals surface area contributed by atoms with Crippen LogP contribution in [0.5, 0.6) is 0 Å². The molecule has 3 atom stereocenters. The van der Waals surface area contributed by atoms with Crippen LogP contribution < -0.4 is 5.32 Å². The molecule has 2 aromatic heterocycles. The molecule has 0 radical (unpaired) electrons. The van der Waals surface area contributed by atoms with Crippen molar-refractivity contribution in [2.45, 2.75) is 59.4 Å². The summed E-state index contributed by atoms with van der Waals surface area (Å²) in [4.78, 5) is 18.1. The first kappa shape index (κ1) is 23.8. The number of carbonyl (C=O) groups excluding carboxylic acids is 1. The predicted octanol–water partition coefficient (Wildman–Crippen LogP) is 6.82.